The van der Waals surface area contributed by atoms with E-state index in [0.29, 0.717) is 21.6 Å². The Balaban J connectivity index is 1.35. The molecule has 2 heterocycles. The lowest BCUT2D eigenvalue weighted by Crippen LogP contribution is -2.24. The summed E-state index contributed by atoms with van der Waals surface area (Å²) in [5, 5.41) is 11.0. The van der Waals surface area contributed by atoms with Gasteiger partial charge >= 0.3 is 0 Å². The number of benzene rings is 2. The van der Waals surface area contributed by atoms with E-state index in [2.05, 4.69) is 33.6 Å². The molecule has 7 heteroatoms. The number of hydrogen-bond acceptors (Lipinski definition) is 5. The molecule has 156 valence electrons. The maximum Gasteiger partial charge on any atom is 0.274 e. The monoisotopic (exact) mass is 430 g/mol. The minimum Gasteiger partial charge on any atom is -0.302 e. The van der Waals surface area contributed by atoms with Crippen molar-refractivity contribution in [1.29, 1.82) is 0 Å². The van der Waals surface area contributed by atoms with Crippen LogP contribution in [0.25, 0.3) is 22.0 Å². The van der Waals surface area contributed by atoms with E-state index in [9.17, 15) is 9.59 Å². The van der Waals surface area contributed by atoms with Gasteiger partial charge in [0.15, 0.2) is 5.13 Å². The van der Waals surface area contributed by atoms with E-state index < -0.39 is 0 Å². The summed E-state index contributed by atoms with van der Waals surface area (Å²) >= 11 is 1.41. The molecule has 6 nitrogen and oxygen atoms in total. The Labute approximate surface area is 183 Å². The summed E-state index contributed by atoms with van der Waals surface area (Å²) in [6.07, 6.45) is 4.85. The van der Waals surface area contributed by atoms with Gasteiger partial charge in [0.2, 0.25) is 5.91 Å². The Morgan fingerprint density at radius 2 is 1.87 bits per heavy atom. The van der Waals surface area contributed by atoms with Crippen molar-refractivity contribution >= 4 is 33.1 Å². The number of thiazole rings is 1. The number of aromatic nitrogens is 3. The van der Waals surface area contributed by atoms with Crippen LogP contribution in [-0.4, -0.2) is 20.7 Å². The molecule has 4 aromatic rings. The largest absolute Gasteiger partial charge is 0.302 e. The molecular formula is C24H22N4O2S. The third-order valence-electron chi connectivity index (χ3n) is 5.76. The summed E-state index contributed by atoms with van der Waals surface area (Å²) < 4.78 is 1.28. The van der Waals surface area contributed by atoms with Gasteiger partial charge in [-0.3, -0.25) is 9.59 Å². The highest BCUT2D eigenvalue weighted by Gasteiger charge is 2.15. The number of amides is 1. The summed E-state index contributed by atoms with van der Waals surface area (Å²) in [5.74, 6) is -0.206. The van der Waals surface area contributed by atoms with E-state index in [1.54, 1.807) is 13.1 Å². The van der Waals surface area contributed by atoms with Gasteiger partial charge in [0.1, 0.15) is 0 Å². The lowest BCUT2D eigenvalue weighted by atomic mass is 9.90. The van der Waals surface area contributed by atoms with Crippen LogP contribution in [-0.2, 0) is 31.1 Å². The van der Waals surface area contributed by atoms with Crippen molar-refractivity contribution < 1.29 is 4.79 Å². The number of carbonyl (C=O) groups is 1. The van der Waals surface area contributed by atoms with Crippen LogP contribution in [0, 0.1) is 0 Å². The number of nitrogens with one attached hydrogen (secondary N) is 1. The second-order valence-corrected chi connectivity index (χ2v) is 8.73. The molecule has 1 aliphatic carbocycles. The highest BCUT2D eigenvalue weighted by Crippen LogP contribution is 2.29. The van der Waals surface area contributed by atoms with Crippen LogP contribution >= 0.6 is 11.3 Å². The maximum atomic E-state index is 12.7. The molecule has 0 unspecified atom stereocenters. The standard InChI is InChI=1S/C24H22N4O2S/c1-28-23(30)19-9-5-4-8-18(19)20(27-28)13-22(29)26-24-25-21(14-31-24)17-11-10-15-6-2-3-7-16(15)12-17/h4-5,8-12,14H,2-3,6-7,13H2,1H3,(H,25,26,29). The number of fused-ring (bicyclic) bond motifs is 2. The van der Waals surface area contributed by atoms with Crippen LogP contribution in [0.1, 0.15) is 29.7 Å². The molecule has 0 spiro atoms. The minimum atomic E-state index is -0.206. The summed E-state index contributed by atoms with van der Waals surface area (Å²) in [6.45, 7) is 0. The molecule has 1 amide bonds. The quantitative estimate of drug-likeness (QED) is 0.528. The minimum absolute atomic E-state index is 0.0718. The fourth-order valence-electron chi connectivity index (χ4n) is 4.18. The van der Waals surface area contributed by atoms with Crippen LogP contribution in [0.15, 0.2) is 52.6 Å². The molecule has 0 saturated heterocycles. The molecule has 0 fully saturated rings. The first-order valence-corrected chi connectivity index (χ1v) is 11.3. The molecule has 2 aromatic carbocycles. The number of aryl methyl sites for hydroxylation is 3. The molecular weight excluding hydrogens is 408 g/mol. The first-order valence-electron chi connectivity index (χ1n) is 10.4. The van der Waals surface area contributed by atoms with E-state index in [0.717, 1.165) is 24.1 Å². The van der Waals surface area contributed by atoms with Crippen molar-refractivity contribution in [3.05, 3.63) is 75.0 Å². The van der Waals surface area contributed by atoms with Gasteiger partial charge in [0.25, 0.3) is 5.56 Å². The van der Waals surface area contributed by atoms with E-state index in [1.165, 1.54) is 40.0 Å². The summed E-state index contributed by atoms with van der Waals surface area (Å²) in [4.78, 5) is 29.6. The molecule has 0 aliphatic heterocycles. The van der Waals surface area contributed by atoms with Crippen LogP contribution in [0.3, 0.4) is 0 Å². The zero-order valence-electron chi connectivity index (χ0n) is 17.2. The van der Waals surface area contributed by atoms with E-state index in [4.69, 9.17) is 0 Å². The van der Waals surface area contributed by atoms with E-state index in [-0.39, 0.29) is 17.9 Å². The summed E-state index contributed by atoms with van der Waals surface area (Å²) in [5.41, 5.74) is 5.21. The Bertz CT molecular complexity index is 1360. The highest BCUT2D eigenvalue weighted by molar-refractivity contribution is 7.14. The normalized spacial score (nSPS) is 13.2. The molecule has 1 N–H and O–H groups in total. The molecule has 2 aromatic heterocycles. The van der Waals surface area contributed by atoms with Crippen molar-refractivity contribution in [1.82, 2.24) is 14.8 Å². The third kappa shape index (κ3) is 3.88. The number of anilines is 1. The smallest absolute Gasteiger partial charge is 0.274 e. The van der Waals surface area contributed by atoms with Gasteiger partial charge in [-0.1, -0.05) is 30.3 Å². The second kappa shape index (κ2) is 8.07. The zero-order chi connectivity index (χ0) is 21.4. The van der Waals surface area contributed by atoms with Crippen LogP contribution in [0.2, 0.25) is 0 Å². The van der Waals surface area contributed by atoms with E-state index >= 15 is 0 Å². The first-order chi connectivity index (χ1) is 15.1. The van der Waals surface area contributed by atoms with Gasteiger partial charge in [-0.15, -0.1) is 11.3 Å². The predicted octanol–water partition coefficient (Wildman–Crippen LogP) is 4.12. The Kier molecular flexibility index (Phi) is 5.11. The molecule has 0 saturated carbocycles. The van der Waals surface area contributed by atoms with Crippen LogP contribution in [0.4, 0.5) is 5.13 Å². The number of carbonyl (C=O) groups excluding carboxylic acids is 1. The fourth-order valence-corrected chi connectivity index (χ4v) is 4.91. The number of hydrogen-bond donors (Lipinski definition) is 1. The highest BCUT2D eigenvalue weighted by atomic mass is 32.1. The molecule has 5 rings (SSSR count). The van der Waals surface area contributed by atoms with E-state index in [1.807, 2.05) is 23.6 Å². The average Bonchev–Trinajstić information content (AvgIpc) is 3.25. The molecule has 0 radical (unpaired) electrons. The lowest BCUT2D eigenvalue weighted by Gasteiger charge is -2.16. The first kappa shape index (κ1) is 19.6. The Hall–Kier alpha value is -3.32. The third-order valence-corrected chi connectivity index (χ3v) is 6.51. The Morgan fingerprint density at radius 1 is 1.10 bits per heavy atom. The number of nitrogens with zero attached hydrogens (tertiary/aromatic N) is 3. The molecule has 1 aliphatic rings. The van der Waals surface area contributed by atoms with Crippen molar-refractivity contribution in [3.63, 3.8) is 0 Å². The SMILES string of the molecule is Cn1nc(CC(=O)Nc2nc(-c3ccc4c(c3)CCCC4)cs2)c2ccccc2c1=O. The predicted molar refractivity (Wildman–Crippen MR) is 124 cm³/mol. The van der Waals surface area contributed by atoms with Gasteiger partial charge in [0, 0.05) is 23.4 Å². The zero-order valence-corrected chi connectivity index (χ0v) is 18.0. The topological polar surface area (TPSA) is 76.9 Å². The van der Waals surface area contributed by atoms with Gasteiger partial charge < -0.3 is 5.32 Å². The van der Waals surface area contributed by atoms with Gasteiger partial charge in [0.05, 0.1) is 23.2 Å². The molecule has 0 bridgehead atoms. The van der Waals surface area contributed by atoms with Gasteiger partial charge in [-0.05, 0) is 48.9 Å². The Morgan fingerprint density at radius 3 is 2.71 bits per heavy atom. The molecule has 31 heavy (non-hydrogen) atoms. The molecule has 0 atom stereocenters. The van der Waals surface area contributed by atoms with Gasteiger partial charge in [-0.25, -0.2) is 9.67 Å². The average molecular weight is 431 g/mol. The maximum absolute atomic E-state index is 12.7. The fraction of sp³-hybridized carbons (Fsp3) is 0.250. The lowest BCUT2D eigenvalue weighted by molar-refractivity contribution is -0.115. The summed E-state index contributed by atoms with van der Waals surface area (Å²) in [6, 6.07) is 13.8. The van der Waals surface area contributed by atoms with Crippen LogP contribution in [0.5, 0.6) is 0 Å². The van der Waals surface area contributed by atoms with Crippen molar-refractivity contribution in [2.24, 2.45) is 7.05 Å². The van der Waals surface area contributed by atoms with Crippen molar-refractivity contribution in [2.45, 2.75) is 32.1 Å². The van der Waals surface area contributed by atoms with Crippen molar-refractivity contribution in [2.75, 3.05) is 5.32 Å². The summed E-state index contributed by atoms with van der Waals surface area (Å²) in [7, 11) is 1.60. The van der Waals surface area contributed by atoms with Crippen LogP contribution < -0.4 is 10.9 Å². The van der Waals surface area contributed by atoms with Crippen molar-refractivity contribution in [3.8, 4) is 11.3 Å². The number of rotatable bonds is 4. The van der Waals surface area contributed by atoms with Gasteiger partial charge in [-0.2, -0.15) is 5.10 Å². The second-order valence-electron chi connectivity index (χ2n) is 7.87.